The third-order valence-corrected chi connectivity index (χ3v) is 0.539. The Bertz CT molecular complexity index is 84.9. The zero-order chi connectivity index (χ0) is 6.62. The van der Waals surface area contributed by atoms with Crippen LogP contribution in [0.15, 0.2) is 0 Å². The first-order chi connectivity index (χ1) is 3.56. The molecule has 7 heavy (non-hydrogen) atoms. The number of rotatable bonds is 2. The molecule has 0 amide bonds. The van der Waals surface area contributed by atoms with Crippen molar-refractivity contribution in [1.29, 1.82) is 0 Å². The van der Waals surface area contributed by atoms with Gasteiger partial charge in [-0.15, -0.1) is 0 Å². The van der Waals surface area contributed by atoms with Gasteiger partial charge in [0, 0.05) is 12.8 Å². The largest absolute Gasteiger partial charge is 0.621 e. The summed E-state index contributed by atoms with van der Waals surface area (Å²) >= 11 is 0. The SMILES string of the molecule is [2H][O+]=[C-]C[N+](C)(C)C. The van der Waals surface area contributed by atoms with Gasteiger partial charge in [-0.2, -0.15) is 0 Å². The molecule has 0 aromatic carbocycles. The average molecular weight is 103 g/mol. The molecule has 0 bridgehead atoms. The molecule has 42 valence electrons. The summed E-state index contributed by atoms with van der Waals surface area (Å²) in [6.45, 7) is 0.642. The molecule has 0 rings (SSSR count). The number of nitrogens with zero attached hydrogens (tertiary/aromatic N) is 1. The highest BCUT2D eigenvalue weighted by atomic mass is 16.1. The monoisotopic (exact) mass is 103 g/mol. The van der Waals surface area contributed by atoms with Crippen molar-refractivity contribution in [3.63, 3.8) is 0 Å². The Balaban J connectivity index is 3.39. The summed E-state index contributed by atoms with van der Waals surface area (Å²) in [7, 11) is 6.02. The molecule has 0 fully saturated rings. The van der Waals surface area contributed by atoms with Gasteiger partial charge in [0.1, 0.15) is 0 Å². The summed E-state index contributed by atoms with van der Waals surface area (Å²) in [5, 5.41) is 0. The van der Waals surface area contributed by atoms with Crippen LogP contribution in [-0.4, -0.2) is 43.3 Å². The van der Waals surface area contributed by atoms with Crippen LogP contribution < -0.4 is 0 Å². The Labute approximate surface area is 45.8 Å². The number of hydrogen-bond acceptors (Lipinski definition) is 0. The summed E-state index contributed by atoms with van der Waals surface area (Å²) in [5.74, 6) is 0. The minimum absolute atomic E-state index is 0.642. The van der Waals surface area contributed by atoms with Crippen molar-refractivity contribution in [2.45, 2.75) is 0 Å². The van der Waals surface area contributed by atoms with Crippen LogP contribution in [0, 0.1) is 0 Å². The van der Waals surface area contributed by atoms with Crippen LogP contribution in [0.25, 0.3) is 0 Å². The van der Waals surface area contributed by atoms with Crippen molar-refractivity contribution in [1.82, 2.24) is 0 Å². The fourth-order valence-corrected chi connectivity index (χ4v) is 0.194. The summed E-state index contributed by atoms with van der Waals surface area (Å²) in [6, 6.07) is 0. The molecule has 0 saturated carbocycles. The third kappa shape index (κ3) is 5.63. The van der Waals surface area contributed by atoms with Gasteiger partial charge >= 0.3 is 1.43 Å². The molecule has 0 heterocycles. The molecule has 1 N–H and O–H groups in total. The molecule has 0 unspecified atom stereocenters. The summed E-state index contributed by atoms with van der Waals surface area (Å²) in [6.07, 6.45) is 2.43. The molecule has 2 heteroatoms. The van der Waals surface area contributed by atoms with E-state index in [0.717, 1.165) is 4.48 Å². The van der Waals surface area contributed by atoms with E-state index >= 15 is 0 Å². The van der Waals surface area contributed by atoms with E-state index in [4.69, 9.17) is 1.43 Å². The van der Waals surface area contributed by atoms with E-state index in [1.54, 1.807) is 0 Å². The second kappa shape index (κ2) is 2.07. The Hall–Kier alpha value is -0.370. The van der Waals surface area contributed by atoms with Gasteiger partial charge in [0.2, 0.25) is 0 Å². The first kappa shape index (κ1) is 4.78. The Morgan fingerprint density at radius 1 is 1.71 bits per heavy atom. The van der Waals surface area contributed by atoms with Gasteiger partial charge < -0.3 is 9.28 Å². The quantitative estimate of drug-likeness (QED) is 0.261. The zero-order valence-corrected chi connectivity index (χ0v) is 5.06. The fourth-order valence-electron chi connectivity index (χ4n) is 0.194. The van der Waals surface area contributed by atoms with Gasteiger partial charge in [-0.3, -0.25) is 0 Å². The lowest BCUT2D eigenvalue weighted by Gasteiger charge is -2.23. The second-order valence-corrected chi connectivity index (χ2v) is 2.59. The lowest BCUT2D eigenvalue weighted by atomic mass is 10.6. The van der Waals surface area contributed by atoms with E-state index in [-0.39, 0.29) is 0 Å². The predicted molar refractivity (Wildman–Crippen MR) is 29.8 cm³/mol. The van der Waals surface area contributed by atoms with Crippen LogP contribution in [0.2, 0.25) is 0 Å². The maximum absolute atomic E-state index is 6.26. The molecule has 0 saturated heterocycles. The van der Waals surface area contributed by atoms with Crippen LogP contribution in [-0.2, 0) is 0 Å². The van der Waals surface area contributed by atoms with Crippen molar-refractivity contribution >= 4 is 6.29 Å². The molecule has 0 aromatic heterocycles. The molecule has 0 atom stereocenters. The van der Waals surface area contributed by atoms with Gasteiger partial charge in [-0.1, -0.05) is 0 Å². The highest BCUT2D eigenvalue weighted by Crippen LogP contribution is 1.82. The van der Waals surface area contributed by atoms with Crippen molar-refractivity contribution < 1.29 is 10.7 Å². The summed E-state index contributed by atoms with van der Waals surface area (Å²) in [5.41, 5.74) is 0. The van der Waals surface area contributed by atoms with E-state index in [9.17, 15) is 0 Å². The first-order valence-electron chi connectivity index (χ1n) is 2.62. The molecule has 0 radical (unpaired) electrons. The van der Waals surface area contributed by atoms with E-state index in [0.29, 0.717) is 6.54 Å². The lowest BCUT2D eigenvalue weighted by Crippen LogP contribution is -2.35. The van der Waals surface area contributed by atoms with Crippen molar-refractivity contribution in [2.75, 3.05) is 27.7 Å². The second-order valence-electron chi connectivity index (χ2n) is 2.59. The van der Waals surface area contributed by atoms with Gasteiger partial charge in [0.25, 0.3) is 0 Å². The predicted octanol–water partition coefficient (Wildman–Crippen LogP) is -0.256. The molecule has 2 nitrogen and oxygen atoms in total. The number of likely N-dealkylation sites (N-methyl/N-ethyl adjacent to an activating group) is 1. The molecule has 0 aliphatic rings. The van der Waals surface area contributed by atoms with Crippen LogP contribution in [0.5, 0.6) is 0 Å². The summed E-state index contributed by atoms with van der Waals surface area (Å²) in [4.78, 5) is 3.90. The number of carbonyl (C=O) groups excluding carboxylic acids is 1. The molecule has 0 aliphatic carbocycles. The van der Waals surface area contributed by atoms with Gasteiger partial charge in [-0.05, 0) is 0 Å². The van der Waals surface area contributed by atoms with E-state index in [1.807, 2.05) is 21.1 Å². The normalized spacial score (nSPS) is 15.0. The Morgan fingerprint density at radius 3 is 2.43 bits per heavy atom. The van der Waals surface area contributed by atoms with Crippen LogP contribution in [0.3, 0.4) is 0 Å². The first-order valence-corrected chi connectivity index (χ1v) is 2.22. The molecular weight excluding hydrogens is 90.1 g/mol. The van der Waals surface area contributed by atoms with Gasteiger partial charge in [0.15, 0.2) is 0 Å². The fraction of sp³-hybridized carbons (Fsp3) is 0.800. The van der Waals surface area contributed by atoms with Crippen LogP contribution in [0.1, 0.15) is 1.43 Å². The van der Waals surface area contributed by atoms with E-state index < -0.39 is 0 Å². The van der Waals surface area contributed by atoms with Crippen molar-refractivity contribution in [2.24, 2.45) is 0 Å². The Kier molecular flexibility index (Phi) is 1.42. The molecule has 0 aliphatic heterocycles. The minimum Gasteiger partial charge on any atom is -0.465 e. The third-order valence-electron chi connectivity index (χ3n) is 0.539. The number of hydrogen-bond donors (Lipinski definition) is 0. The maximum Gasteiger partial charge on any atom is 0.621 e. The van der Waals surface area contributed by atoms with Gasteiger partial charge in [0.05, 0.1) is 21.1 Å². The smallest absolute Gasteiger partial charge is 0.465 e. The highest BCUT2D eigenvalue weighted by Gasteiger charge is 1.97. The zero-order valence-electron chi connectivity index (χ0n) is 6.06. The standard InChI is InChI=1S/C5H12NO/c1-6(2,3)4-5-7/h7H,4H2,1-3H3/q+1/i7D. The van der Waals surface area contributed by atoms with Gasteiger partial charge in [-0.25, -0.2) is 0 Å². The molecule has 0 spiro atoms. The van der Waals surface area contributed by atoms with Crippen molar-refractivity contribution in [3.05, 3.63) is 0 Å². The van der Waals surface area contributed by atoms with E-state index in [2.05, 4.69) is 11.1 Å². The molecule has 0 aromatic rings. The van der Waals surface area contributed by atoms with Crippen LogP contribution in [0.4, 0.5) is 0 Å². The van der Waals surface area contributed by atoms with E-state index in [1.165, 1.54) is 0 Å². The lowest BCUT2D eigenvalue weighted by molar-refractivity contribution is -0.860. The minimum atomic E-state index is 0.642. The maximum atomic E-state index is 6.26. The van der Waals surface area contributed by atoms with Crippen LogP contribution >= 0.6 is 0 Å². The van der Waals surface area contributed by atoms with Crippen molar-refractivity contribution in [3.8, 4) is 0 Å². The topological polar surface area (TPSA) is 21.4 Å². The highest BCUT2D eigenvalue weighted by molar-refractivity contribution is 5.51. The number of quaternary nitrogens is 1. The Morgan fingerprint density at radius 2 is 2.29 bits per heavy atom. The summed E-state index contributed by atoms with van der Waals surface area (Å²) < 4.78 is 7.01. The average Bonchev–Trinajstić information content (AvgIpc) is 1.59. The molecular formula is C5H12NO+.